The van der Waals surface area contributed by atoms with E-state index >= 15 is 0 Å². The maximum atomic E-state index is 11.1. The number of hydrogen-bond acceptors (Lipinski definition) is 5. The maximum Gasteiger partial charge on any atom is 0.308 e. The van der Waals surface area contributed by atoms with Gasteiger partial charge in [-0.25, -0.2) is 0 Å². The van der Waals surface area contributed by atoms with Crippen molar-refractivity contribution in [2.24, 2.45) is 5.73 Å². The van der Waals surface area contributed by atoms with Crippen molar-refractivity contribution in [3.63, 3.8) is 0 Å². The minimum absolute atomic E-state index is 0. The summed E-state index contributed by atoms with van der Waals surface area (Å²) in [4.78, 5) is 21.9. The normalized spacial score (nSPS) is 11.1. The molecule has 0 aliphatic rings. The molecule has 0 aliphatic carbocycles. The van der Waals surface area contributed by atoms with Crippen molar-refractivity contribution >= 4 is 24.3 Å². The second-order valence-corrected chi connectivity index (χ2v) is 3.55. The van der Waals surface area contributed by atoms with Gasteiger partial charge >= 0.3 is 11.9 Å². The monoisotopic (exact) mass is 273 g/mol. The number of benzene rings is 1. The van der Waals surface area contributed by atoms with Gasteiger partial charge in [0, 0.05) is 13.0 Å². The smallest absolute Gasteiger partial charge is 0.308 e. The Hall–Kier alpha value is -1.59. The van der Waals surface area contributed by atoms with Crippen LogP contribution in [0, 0.1) is 0 Å². The van der Waals surface area contributed by atoms with Crippen LogP contribution in [0.4, 0.5) is 0 Å². The minimum atomic E-state index is -0.474. The van der Waals surface area contributed by atoms with Crippen molar-refractivity contribution in [3.8, 4) is 5.75 Å². The molecule has 5 nitrogen and oxygen atoms in total. The highest BCUT2D eigenvalue weighted by Gasteiger charge is 2.12. The number of carbonyl (C=O) groups excluding carboxylic acids is 2. The molecule has 1 atom stereocenters. The molecular formula is C12H16ClNO4. The molecule has 1 rings (SSSR count). The minimum Gasteiger partial charge on any atom is -0.469 e. The lowest BCUT2D eigenvalue weighted by Crippen LogP contribution is -2.16. The molecular weight excluding hydrogens is 258 g/mol. The van der Waals surface area contributed by atoms with E-state index in [1.54, 1.807) is 24.3 Å². The predicted octanol–water partition coefficient (Wildman–Crippen LogP) is 1.60. The van der Waals surface area contributed by atoms with Gasteiger partial charge in [-0.2, -0.15) is 0 Å². The molecule has 0 aromatic heterocycles. The fraction of sp³-hybridized carbons (Fsp3) is 0.333. The van der Waals surface area contributed by atoms with Crippen LogP contribution in [-0.2, 0) is 14.3 Å². The van der Waals surface area contributed by atoms with Crippen LogP contribution in [0.3, 0.4) is 0 Å². The van der Waals surface area contributed by atoms with Gasteiger partial charge in [-0.05, 0) is 17.7 Å². The van der Waals surface area contributed by atoms with Gasteiger partial charge in [-0.15, -0.1) is 12.4 Å². The second kappa shape index (κ2) is 7.68. The zero-order valence-electron chi connectivity index (χ0n) is 10.2. The summed E-state index contributed by atoms with van der Waals surface area (Å²) in [6.07, 6.45) is 0.0834. The lowest BCUT2D eigenvalue weighted by molar-refractivity contribution is -0.141. The Morgan fingerprint density at radius 2 is 2.06 bits per heavy atom. The first kappa shape index (κ1) is 16.4. The Morgan fingerprint density at radius 3 is 2.61 bits per heavy atom. The summed E-state index contributed by atoms with van der Waals surface area (Å²) in [5.74, 6) is -0.366. The van der Waals surface area contributed by atoms with Crippen molar-refractivity contribution in [3.05, 3.63) is 29.8 Å². The lowest BCUT2D eigenvalue weighted by atomic mass is 10.0. The summed E-state index contributed by atoms with van der Waals surface area (Å²) in [6, 6.07) is 6.29. The molecule has 100 valence electrons. The molecule has 0 saturated heterocycles. The second-order valence-electron chi connectivity index (χ2n) is 3.55. The van der Waals surface area contributed by atoms with E-state index in [-0.39, 0.29) is 24.8 Å². The lowest BCUT2D eigenvalue weighted by Gasteiger charge is -2.11. The van der Waals surface area contributed by atoms with Crippen molar-refractivity contribution in [1.82, 2.24) is 0 Å². The highest BCUT2D eigenvalue weighted by atomic mass is 35.5. The first-order chi connectivity index (χ1) is 8.02. The number of carbonyl (C=O) groups is 2. The van der Waals surface area contributed by atoms with Crippen LogP contribution >= 0.6 is 12.4 Å². The molecule has 18 heavy (non-hydrogen) atoms. The van der Waals surface area contributed by atoms with Gasteiger partial charge in [-0.3, -0.25) is 9.59 Å². The van der Waals surface area contributed by atoms with Gasteiger partial charge < -0.3 is 15.2 Å². The van der Waals surface area contributed by atoms with Crippen LogP contribution in [0.25, 0.3) is 0 Å². The molecule has 0 fully saturated rings. The van der Waals surface area contributed by atoms with E-state index in [0.717, 1.165) is 0 Å². The van der Waals surface area contributed by atoms with E-state index in [4.69, 9.17) is 10.5 Å². The van der Waals surface area contributed by atoms with Crippen molar-refractivity contribution in [2.75, 3.05) is 7.11 Å². The van der Waals surface area contributed by atoms with E-state index in [1.165, 1.54) is 14.0 Å². The van der Waals surface area contributed by atoms with Gasteiger partial charge in [-0.1, -0.05) is 12.1 Å². The zero-order chi connectivity index (χ0) is 12.8. The van der Waals surface area contributed by atoms with E-state index in [9.17, 15) is 9.59 Å². The third-order valence-electron chi connectivity index (χ3n) is 2.16. The molecule has 0 amide bonds. The molecule has 1 aromatic carbocycles. The molecule has 0 bridgehead atoms. The number of ether oxygens (including phenoxy) is 2. The molecule has 6 heteroatoms. The quantitative estimate of drug-likeness (QED) is 0.666. The van der Waals surface area contributed by atoms with Gasteiger partial charge in [0.1, 0.15) is 5.75 Å². The Bertz CT molecular complexity index is 422. The largest absolute Gasteiger partial charge is 0.469 e. The summed E-state index contributed by atoms with van der Waals surface area (Å²) in [6.45, 7) is 1.32. The zero-order valence-corrected chi connectivity index (χ0v) is 11.0. The number of rotatable bonds is 4. The number of esters is 2. The summed E-state index contributed by atoms with van der Waals surface area (Å²) < 4.78 is 9.46. The van der Waals surface area contributed by atoms with Crippen LogP contribution < -0.4 is 10.5 Å². The van der Waals surface area contributed by atoms with Crippen LogP contribution in [0.15, 0.2) is 24.3 Å². The van der Waals surface area contributed by atoms with Crippen molar-refractivity contribution in [1.29, 1.82) is 0 Å². The number of halogens is 1. The molecule has 0 unspecified atom stereocenters. The topological polar surface area (TPSA) is 78.6 Å². The third-order valence-corrected chi connectivity index (χ3v) is 2.16. The van der Waals surface area contributed by atoms with Crippen LogP contribution in [-0.4, -0.2) is 19.0 Å². The first-order valence-corrected chi connectivity index (χ1v) is 5.13. The van der Waals surface area contributed by atoms with Crippen LogP contribution in [0.2, 0.25) is 0 Å². The van der Waals surface area contributed by atoms with Crippen molar-refractivity contribution < 1.29 is 19.1 Å². The Morgan fingerprint density at radius 1 is 1.39 bits per heavy atom. The Labute approximate surface area is 112 Å². The summed E-state index contributed by atoms with van der Waals surface area (Å²) in [7, 11) is 1.31. The van der Waals surface area contributed by atoms with E-state index in [0.29, 0.717) is 11.3 Å². The number of methoxy groups -OCH3 is 1. The first-order valence-electron chi connectivity index (χ1n) is 5.13. The fourth-order valence-corrected chi connectivity index (χ4v) is 1.36. The third kappa shape index (κ3) is 5.16. The summed E-state index contributed by atoms with van der Waals surface area (Å²) in [5.41, 5.74) is 6.55. The van der Waals surface area contributed by atoms with Gasteiger partial charge in [0.25, 0.3) is 0 Å². The van der Waals surface area contributed by atoms with Gasteiger partial charge in [0.15, 0.2) is 0 Å². The van der Waals surface area contributed by atoms with E-state index in [1.807, 2.05) is 0 Å². The molecule has 1 aromatic rings. The van der Waals surface area contributed by atoms with Gasteiger partial charge in [0.05, 0.1) is 13.5 Å². The van der Waals surface area contributed by atoms with Crippen LogP contribution in [0.5, 0.6) is 5.75 Å². The Kier molecular flexibility index (Phi) is 7.00. The number of nitrogens with two attached hydrogens (primary N) is 1. The number of hydrogen-bond donors (Lipinski definition) is 1. The molecule has 0 aliphatic heterocycles. The molecule has 0 spiro atoms. The Balaban J connectivity index is 0.00000289. The molecule has 0 saturated carbocycles. The van der Waals surface area contributed by atoms with E-state index < -0.39 is 12.0 Å². The predicted molar refractivity (Wildman–Crippen MR) is 68.6 cm³/mol. The highest BCUT2D eigenvalue weighted by Crippen LogP contribution is 2.20. The standard InChI is InChI=1S/C12H15NO4.ClH/c1-8(14)17-10-5-3-4-9(6-10)11(13)7-12(15)16-2;/h3-6,11H,7,13H2,1-2H3;1H/t11-;/m1./s1. The maximum absolute atomic E-state index is 11.1. The highest BCUT2D eigenvalue weighted by molar-refractivity contribution is 5.85. The average Bonchev–Trinajstić information content (AvgIpc) is 2.28. The SMILES string of the molecule is COC(=O)C[C@@H](N)c1cccc(OC(C)=O)c1.Cl. The molecule has 0 radical (unpaired) electrons. The van der Waals surface area contributed by atoms with Crippen LogP contribution in [0.1, 0.15) is 24.9 Å². The summed E-state index contributed by atoms with van der Waals surface area (Å²) >= 11 is 0. The average molecular weight is 274 g/mol. The van der Waals surface area contributed by atoms with E-state index in [2.05, 4.69) is 4.74 Å². The van der Waals surface area contributed by atoms with Crippen molar-refractivity contribution in [2.45, 2.75) is 19.4 Å². The molecule has 0 heterocycles. The summed E-state index contributed by atoms with van der Waals surface area (Å²) in [5, 5.41) is 0. The van der Waals surface area contributed by atoms with Gasteiger partial charge in [0.2, 0.25) is 0 Å². The molecule has 2 N–H and O–H groups in total. The fourth-order valence-electron chi connectivity index (χ4n) is 1.36.